The molecule has 4 rings (SSSR count). The van der Waals surface area contributed by atoms with E-state index in [9.17, 15) is 24.0 Å². The Balaban J connectivity index is 1.46. The zero-order valence-electron chi connectivity index (χ0n) is 41.1. The van der Waals surface area contributed by atoms with Crippen molar-refractivity contribution in [3.05, 3.63) is 52.0 Å². The molecule has 2 fully saturated rings. The maximum atomic E-state index is 14.5. The van der Waals surface area contributed by atoms with Gasteiger partial charge < -0.3 is 33.5 Å². The molecule has 0 saturated carbocycles. The average Bonchev–Trinajstić information content (AvgIpc) is 4.00. The second kappa shape index (κ2) is 26.7. The summed E-state index contributed by atoms with van der Waals surface area (Å²) in [7, 11) is 4.96. The number of ether oxygens (including phenoxy) is 5. The Morgan fingerprint density at radius 1 is 0.862 bits per heavy atom. The number of likely N-dealkylation sites (N-methyl/N-ethyl adjacent to an activating group) is 1. The number of benzene rings is 1. The van der Waals surface area contributed by atoms with E-state index in [2.05, 4.69) is 13.8 Å². The molecule has 13 nitrogen and oxygen atoms in total. The van der Waals surface area contributed by atoms with Crippen LogP contribution in [0.3, 0.4) is 0 Å². The van der Waals surface area contributed by atoms with Crippen molar-refractivity contribution in [2.45, 2.75) is 156 Å². The summed E-state index contributed by atoms with van der Waals surface area (Å²) >= 11 is 1.34. The lowest BCUT2D eigenvalue weighted by Crippen LogP contribution is -2.54. The van der Waals surface area contributed by atoms with Gasteiger partial charge in [0, 0.05) is 76.3 Å². The first-order valence-corrected chi connectivity index (χ1v) is 25.0. The molecule has 2 aliphatic rings. The molecule has 1 aromatic carbocycles. The number of aromatic nitrogens is 1. The van der Waals surface area contributed by atoms with E-state index in [-0.39, 0.29) is 103 Å². The number of esters is 1. The van der Waals surface area contributed by atoms with Crippen molar-refractivity contribution < 1.29 is 47.7 Å². The maximum absolute atomic E-state index is 14.5. The molecule has 0 aliphatic carbocycles. The van der Waals surface area contributed by atoms with E-state index < -0.39 is 36.1 Å². The number of hydrogen-bond acceptors (Lipinski definition) is 12. The molecule has 2 amide bonds. The van der Waals surface area contributed by atoms with Crippen molar-refractivity contribution in [2.24, 2.45) is 35.5 Å². The number of ketones is 2. The molecule has 3 heterocycles. The smallest absolute Gasteiger partial charge is 0.357 e. The van der Waals surface area contributed by atoms with E-state index in [1.54, 1.807) is 31.5 Å². The number of carbonyl (C=O) groups excluding carboxylic acids is 5. The van der Waals surface area contributed by atoms with Gasteiger partial charge in [-0.05, 0) is 61.8 Å². The molecule has 2 aliphatic heterocycles. The van der Waals surface area contributed by atoms with Crippen molar-refractivity contribution in [2.75, 3.05) is 47.6 Å². The Morgan fingerprint density at radius 3 is 2.18 bits per heavy atom. The first-order valence-electron chi connectivity index (χ1n) is 24.1. The molecule has 0 bridgehead atoms. The molecule has 0 radical (unpaired) electrons. The van der Waals surface area contributed by atoms with Gasteiger partial charge in [-0.2, -0.15) is 0 Å². The Labute approximate surface area is 393 Å². The van der Waals surface area contributed by atoms with Crippen LogP contribution >= 0.6 is 11.3 Å². The number of rotatable bonds is 27. The Kier molecular flexibility index (Phi) is 22.2. The largest absolute Gasteiger partial charge is 0.458 e. The SMILES string of the molecule is CC[C@H](C)[C@@H]([C@@H](CC(=O)N1CCC[C@H]1[C@H](OC)[C@@H](C)C(=O)C[C@@H](Cc1ccccc1)c1nc(C(=O)OCCOC2CCCCO2)cs1)OC)N(C)C(=O)[C@@H](CC(=O)[C@@H](C)C(C)C)C(C)C. The number of methoxy groups -OCH3 is 2. The fourth-order valence-corrected chi connectivity index (χ4v) is 10.2. The van der Waals surface area contributed by atoms with Crippen LogP contribution in [-0.4, -0.2) is 122 Å². The zero-order valence-corrected chi connectivity index (χ0v) is 41.9. The minimum absolute atomic E-state index is 0.00280. The molecular weight excluding hydrogens is 847 g/mol. The van der Waals surface area contributed by atoms with Crippen LogP contribution in [0, 0.1) is 35.5 Å². The molecule has 0 N–H and O–H groups in total. The summed E-state index contributed by atoms with van der Waals surface area (Å²) in [5, 5.41) is 2.35. The van der Waals surface area contributed by atoms with Gasteiger partial charge >= 0.3 is 5.97 Å². The normalized spacial score (nSPS) is 20.4. The van der Waals surface area contributed by atoms with Gasteiger partial charge in [0.15, 0.2) is 12.0 Å². The predicted octanol–water partition coefficient (Wildman–Crippen LogP) is 8.57. The van der Waals surface area contributed by atoms with Crippen molar-refractivity contribution in [1.29, 1.82) is 0 Å². The van der Waals surface area contributed by atoms with Crippen molar-refractivity contribution >= 4 is 40.7 Å². The quantitative estimate of drug-likeness (QED) is 0.0626. The highest BCUT2D eigenvalue weighted by Gasteiger charge is 2.43. The predicted molar refractivity (Wildman–Crippen MR) is 253 cm³/mol. The van der Waals surface area contributed by atoms with E-state index in [4.69, 9.17) is 28.7 Å². The molecule has 2 aromatic rings. The molecular formula is C51H79N3O10S. The highest BCUT2D eigenvalue weighted by molar-refractivity contribution is 7.09. The minimum Gasteiger partial charge on any atom is -0.458 e. The maximum Gasteiger partial charge on any atom is 0.357 e. The highest BCUT2D eigenvalue weighted by Crippen LogP contribution is 2.34. The summed E-state index contributed by atoms with van der Waals surface area (Å²) in [4.78, 5) is 77.7. The van der Waals surface area contributed by atoms with Gasteiger partial charge in [-0.25, -0.2) is 9.78 Å². The van der Waals surface area contributed by atoms with E-state index in [0.717, 1.165) is 37.7 Å². The van der Waals surface area contributed by atoms with Crippen molar-refractivity contribution in [1.82, 2.24) is 14.8 Å². The molecule has 364 valence electrons. The zero-order chi connectivity index (χ0) is 47.8. The molecule has 2 saturated heterocycles. The second-order valence-corrected chi connectivity index (χ2v) is 20.0. The Hall–Kier alpha value is -3.56. The highest BCUT2D eigenvalue weighted by atomic mass is 32.1. The molecule has 0 spiro atoms. The van der Waals surface area contributed by atoms with Crippen LogP contribution in [0.5, 0.6) is 0 Å². The summed E-state index contributed by atoms with van der Waals surface area (Å²) in [6, 6.07) is 9.16. The molecule has 1 aromatic heterocycles. The number of carbonyl (C=O) groups is 5. The molecule has 65 heavy (non-hydrogen) atoms. The van der Waals surface area contributed by atoms with Crippen molar-refractivity contribution in [3.8, 4) is 0 Å². The fourth-order valence-electron chi connectivity index (χ4n) is 9.36. The van der Waals surface area contributed by atoms with Crippen LogP contribution < -0.4 is 0 Å². The van der Waals surface area contributed by atoms with Crippen molar-refractivity contribution in [3.63, 3.8) is 0 Å². The van der Waals surface area contributed by atoms with Crippen LogP contribution in [0.15, 0.2) is 35.7 Å². The van der Waals surface area contributed by atoms with Crippen LogP contribution in [0.2, 0.25) is 0 Å². The summed E-state index contributed by atoms with van der Waals surface area (Å²) in [5.74, 6) is -2.08. The third-order valence-electron chi connectivity index (χ3n) is 14.0. The van der Waals surface area contributed by atoms with E-state index in [1.165, 1.54) is 11.3 Å². The lowest BCUT2D eigenvalue weighted by atomic mass is 9.82. The number of nitrogens with zero attached hydrogens (tertiary/aromatic N) is 3. The Bertz CT molecular complexity index is 1800. The minimum atomic E-state index is -0.602. The van der Waals surface area contributed by atoms with Gasteiger partial charge in [-0.1, -0.05) is 92.1 Å². The molecule has 10 atom stereocenters. The summed E-state index contributed by atoms with van der Waals surface area (Å²) in [6.07, 6.45) is 4.57. The van der Waals surface area contributed by atoms with Gasteiger partial charge in [0.1, 0.15) is 18.2 Å². The lowest BCUT2D eigenvalue weighted by molar-refractivity contribution is -0.166. The number of amides is 2. The third-order valence-corrected chi connectivity index (χ3v) is 15.0. The summed E-state index contributed by atoms with van der Waals surface area (Å²) < 4.78 is 29.0. The van der Waals surface area contributed by atoms with Gasteiger partial charge in [0.05, 0.1) is 42.3 Å². The second-order valence-electron chi connectivity index (χ2n) is 19.1. The monoisotopic (exact) mass is 926 g/mol. The molecule has 14 heteroatoms. The first kappa shape index (κ1) is 54.0. The van der Waals surface area contributed by atoms with Gasteiger partial charge in [-0.15, -0.1) is 11.3 Å². The number of Topliss-reactive ketones (excluding diaryl/α,β-unsaturated/α-hetero) is 2. The first-order chi connectivity index (χ1) is 31.0. The number of thiazole rings is 1. The standard InChI is InChI=1S/C51H79N3O10S/c1-12-34(6)47(53(9)50(58)39(33(4)5)29-43(56)35(7)32(2)3)44(60-10)30-45(57)54-23-18-21-41(54)48(61-11)36(8)42(55)28-38(27-37-19-14-13-15-20-37)49-52-40(31-65-49)51(59)64-26-25-63-46-22-16-17-24-62-46/h13-15,19-20,31-36,38-39,41,44,46-48H,12,16-18,21-30H2,1-11H3/t34-,35-,36-,38+,39-,41-,44+,46?,47-,48+/m0/s1. The van der Waals surface area contributed by atoms with E-state index >= 15 is 0 Å². The van der Waals surface area contributed by atoms with Gasteiger partial charge in [-0.3, -0.25) is 19.2 Å². The van der Waals surface area contributed by atoms with Crippen LogP contribution in [0.1, 0.15) is 140 Å². The topological polar surface area (TPSA) is 151 Å². The number of likely N-dealkylation sites (tertiary alicyclic amines) is 1. The number of hydrogen-bond donors (Lipinski definition) is 0. The molecule has 1 unspecified atom stereocenters. The third kappa shape index (κ3) is 15.2. The van der Waals surface area contributed by atoms with Gasteiger partial charge in [0.2, 0.25) is 11.8 Å². The van der Waals surface area contributed by atoms with E-state index in [1.807, 2.05) is 76.8 Å². The Morgan fingerprint density at radius 2 is 1.57 bits per heavy atom. The fraction of sp³-hybridized carbons (Fsp3) is 0.725. The van der Waals surface area contributed by atoms with Crippen LogP contribution in [0.25, 0.3) is 0 Å². The van der Waals surface area contributed by atoms with Crippen LogP contribution in [-0.2, 0) is 49.3 Å². The summed E-state index contributed by atoms with van der Waals surface area (Å²) in [5.41, 5.74) is 1.24. The van der Waals surface area contributed by atoms with E-state index in [0.29, 0.717) is 31.0 Å². The lowest BCUT2D eigenvalue weighted by Gasteiger charge is -2.41. The average molecular weight is 926 g/mol. The van der Waals surface area contributed by atoms with Gasteiger partial charge in [0.25, 0.3) is 0 Å². The summed E-state index contributed by atoms with van der Waals surface area (Å²) in [6.45, 7) is 17.4. The van der Waals surface area contributed by atoms with Crippen LogP contribution in [0.4, 0.5) is 0 Å².